The van der Waals surface area contributed by atoms with Crippen molar-refractivity contribution in [2.45, 2.75) is 84.1 Å². The van der Waals surface area contributed by atoms with Gasteiger partial charge in [0.25, 0.3) is 0 Å². The molecule has 0 aliphatic heterocycles. The van der Waals surface area contributed by atoms with E-state index in [1.54, 1.807) is 0 Å². The maximum Gasteiger partial charge on any atom is 0.00950 e. The van der Waals surface area contributed by atoms with Crippen LogP contribution in [-0.4, -0.2) is 13.1 Å². The first-order valence-electron chi connectivity index (χ1n) is 8.88. The first-order chi connectivity index (χ1) is 9.20. The van der Waals surface area contributed by atoms with Gasteiger partial charge in [0.2, 0.25) is 0 Å². The van der Waals surface area contributed by atoms with Crippen molar-refractivity contribution in [3.63, 3.8) is 0 Å². The van der Waals surface area contributed by atoms with Gasteiger partial charge in [-0.2, -0.15) is 0 Å². The van der Waals surface area contributed by atoms with Crippen LogP contribution in [0, 0.1) is 23.7 Å². The molecule has 0 aromatic heterocycles. The van der Waals surface area contributed by atoms with E-state index in [0.717, 1.165) is 29.7 Å². The molecule has 0 radical (unpaired) electrons. The van der Waals surface area contributed by atoms with Gasteiger partial charge in [0.15, 0.2) is 0 Å². The van der Waals surface area contributed by atoms with Gasteiger partial charge in [-0.25, -0.2) is 0 Å². The Balaban J connectivity index is 1.84. The Labute approximate surface area is 120 Å². The largest absolute Gasteiger partial charge is 0.317 e. The Morgan fingerprint density at radius 3 is 2.16 bits per heavy atom. The van der Waals surface area contributed by atoms with Crippen molar-refractivity contribution in [3.05, 3.63) is 0 Å². The summed E-state index contributed by atoms with van der Waals surface area (Å²) in [6.45, 7) is 4.91. The molecule has 2 fully saturated rings. The van der Waals surface area contributed by atoms with E-state index in [1.807, 2.05) is 0 Å². The van der Waals surface area contributed by atoms with Gasteiger partial charge < -0.3 is 5.32 Å². The average Bonchev–Trinajstić information content (AvgIpc) is 2.68. The predicted molar refractivity (Wildman–Crippen MR) is 84.3 cm³/mol. The number of hydrogen-bond donors (Lipinski definition) is 1. The monoisotopic (exact) mass is 265 g/mol. The van der Waals surface area contributed by atoms with E-state index in [1.165, 1.54) is 64.2 Å². The van der Waals surface area contributed by atoms with Crippen molar-refractivity contribution in [2.24, 2.45) is 23.7 Å². The molecule has 112 valence electrons. The molecule has 2 saturated carbocycles. The van der Waals surface area contributed by atoms with Crippen molar-refractivity contribution >= 4 is 0 Å². The van der Waals surface area contributed by atoms with Crippen LogP contribution in [-0.2, 0) is 0 Å². The number of hydrogen-bond acceptors (Lipinski definition) is 1. The van der Waals surface area contributed by atoms with Crippen LogP contribution in [0.4, 0.5) is 0 Å². The third-order valence-electron chi connectivity index (χ3n) is 6.14. The normalized spacial score (nSPS) is 35.8. The van der Waals surface area contributed by atoms with Crippen LogP contribution in [0.1, 0.15) is 78.1 Å². The molecule has 0 spiro atoms. The summed E-state index contributed by atoms with van der Waals surface area (Å²) in [5.74, 6) is 3.84. The molecule has 4 atom stereocenters. The fourth-order valence-corrected chi connectivity index (χ4v) is 4.46. The highest BCUT2D eigenvalue weighted by Gasteiger charge is 2.30. The summed E-state index contributed by atoms with van der Waals surface area (Å²) in [5, 5.41) is 3.67. The Hall–Kier alpha value is -0.0400. The molecular formula is C18H35N. The van der Waals surface area contributed by atoms with E-state index in [4.69, 9.17) is 0 Å². The van der Waals surface area contributed by atoms with Crippen LogP contribution in [0.25, 0.3) is 0 Å². The highest BCUT2D eigenvalue weighted by molar-refractivity contribution is 4.85. The van der Waals surface area contributed by atoms with Crippen molar-refractivity contribution in [3.8, 4) is 0 Å². The summed E-state index contributed by atoms with van der Waals surface area (Å²) >= 11 is 0. The summed E-state index contributed by atoms with van der Waals surface area (Å²) in [6, 6.07) is 0.790. The average molecular weight is 265 g/mol. The fourth-order valence-electron chi connectivity index (χ4n) is 4.46. The van der Waals surface area contributed by atoms with Crippen LogP contribution in [0.15, 0.2) is 0 Å². The zero-order valence-corrected chi connectivity index (χ0v) is 13.5. The molecule has 0 bridgehead atoms. The van der Waals surface area contributed by atoms with Crippen LogP contribution in [0.5, 0.6) is 0 Å². The van der Waals surface area contributed by atoms with E-state index < -0.39 is 0 Å². The van der Waals surface area contributed by atoms with Crippen LogP contribution in [0.2, 0.25) is 0 Å². The van der Waals surface area contributed by atoms with Gasteiger partial charge in [0.1, 0.15) is 0 Å². The minimum absolute atomic E-state index is 0.790. The number of rotatable bonds is 4. The summed E-state index contributed by atoms with van der Waals surface area (Å²) in [4.78, 5) is 0. The maximum atomic E-state index is 3.67. The van der Waals surface area contributed by atoms with E-state index in [0.29, 0.717) is 0 Å². The Kier molecular flexibility index (Phi) is 6.19. The summed E-state index contributed by atoms with van der Waals surface area (Å²) in [7, 11) is 2.20. The Bertz CT molecular complexity index is 242. The van der Waals surface area contributed by atoms with Gasteiger partial charge >= 0.3 is 0 Å². The minimum atomic E-state index is 0.790. The molecule has 2 rings (SSSR count). The lowest BCUT2D eigenvalue weighted by Gasteiger charge is -2.38. The highest BCUT2D eigenvalue weighted by atomic mass is 14.9. The lowest BCUT2D eigenvalue weighted by Crippen LogP contribution is -2.39. The molecule has 4 unspecified atom stereocenters. The first-order valence-corrected chi connectivity index (χ1v) is 8.88. The second-order valence-electron chi connectivity index (χ2n) is 7.52. The van der Waals surface area contributed by atoms with Crippen molar-refractivity contribution < 1.29 is 0 Å². The van der Waals surface area contributed by atoms with Crippen molar-refractivity contribution in [2.75, 3.05) is 7.05 Å². The van der Waals surface area contributed by atoms with Gasteiger partial charge in [0.05, 0.1) is 0 Å². The van der Waals surface area contributed by atoms with E-state index in [9.17, 15) is 0 Å². The molecule has 19 heavy (non-hydrogen) atoms. The molecule has 1 nitrogen and oxygen atoms in total. The SMILES string of the molecule is CNC(CC1CCCCCC1)C1CCC(C)C(C)C1. The lowest BCUT2D eigenvalue weighted by molar-refractivity contribution is 0.158. The van der Waals surface area contributed by atoms with Crippen molar-refractivity contribution in [1.29, 1.82) is 0 Å². The number of nitrogens with one attached hydrogen (secondary N) is 1. The molecule has 0 aromatic rings. The smallest absolute Gasteiger partial charge is 0.00950 e. The summed E-state index contributed by atoms with van der Waals surface area (Å²) in [5.41, 5.74) is 0. The van der Waals surface area contributed by atoms with E-state index >= 15 is 0 Å². The Morgan fingerprint density at radius 1 is 0.895 bits per heavy atom. The van der Waals surface area contributed by atoms with Gasteiger partial charge in [-0.05, 0) is 50.0 Å². The first kappa shape index (κ1) is 15.4. The molecule has 2 aliphatic rings. The van der Waals surface area contributed by atoms with Gasteiger partial charge in [-0.15, -0.1) is 0 Å². The standard InChI is InChI=1S/C18H35N/c1-14-10-11-17(12-15(14)2)18(19-3)13-16-8-6-4-5-7-9-16/h14-19H,4-13H2,1-3H3. The quantitative estimate of drug-likeness (QED) is 0.705. The molecule has 0 saturated heterocycles. The zero-order chi connectivity index (χ0) is 13.7. The predicted octanol–water partition coefficient (Wildman–Crippen LogP) is 5.01. The highest BCUT2D eigenvalue weighted by Crippen LogP contribution is 2.37. The Morgan fingerprint density at radius 2 is 1.58 bits per heavy atom. The van der Waals surface area contributed by atoms with Crippen LogP contribution >= 0.6 is 0 Å². The van der Waals surface area contributed by atoms with Crippen molar-refractivity contribution in [1.82, 2.24) is 5.32 Å². The molecule has 0 amide bonds. The van der Waals surface area contributed by atoms with E-state index in [-0.39, 0.29) is 0 Å². The van der Waals surface area contributed by atoms with Gasteiger partial charge in [0, 0.05) is 6.04 Å². The van der Waals surface area contributed by atoms with Gasteiger partial charge in [-0.1, -0.05) is 58.8 Å². The zero-order valence-electron chi connectivity index (χ0n) is 13.5. The summed E-state index contributed by atoms with van der Waals surface area (Å²) < 4.78 is 0. The molecule has 1 N–H and O–H groups in total. The molecular weight excluding hydrogens is 230 g/mol. The molecule has 1 heteroatoms. The van der Waals surface area contributed by atoms with E-state index in [2.05, 4.69) is 26.2 Å². The minimum Gasteiger partial charge on any atom is -0.317 e. The summed E-state index contributed by atoms with van der Waals surface area (Å²) in [6.07, 6.45) is 14.8. The van der Waals surface area contributed by atoms with Gasteiger partial charge in [-0.3, -0.25) is 0 Å². The second kappa shape index (κ2) is 7.67. The molecule has 0 heterocycles. The molecule has 2 aliphatic carbocycles. The fraction of sp³-hybridized carbons (Fsp3) is 1.00. The van der Waals surface area contributed by atoms with Crippen LogP contribution in [0.3, 0.4) is 0 Å². The second-order valence-corrected chi connectivity index (χ2v) is 7.52. The molecule has 0 aromatic carbocycles. The van der Waals surface area contributed by atoms with Crippen LogP contribution < -0.4 is 5.32 Å². The topological polar surface area (TPSA) is 12.0 Å². The lowest BCUT2D eigenvalue weighted by atomic mass is 9.71. The third kappa shape index (κ3) is 4.48. The third-order valence-corrected chi connectivity index (χ3v) is 6.14. The maximum absolute atomic E-state index is 3.67.